The van der Waals surface area contributed by atoms with Gasteiger partial charge in [-0.2, -0.15) is 0 Å². The van der Waals surface area contributed by atoms with E-state index in [9.17, 15) is 0 Å². The minimum Gasteiger partial charge on any atom is -0.385 e. The van der Waals surface area contributed by atoms with Crippen LogP contribution in [0, 0.1) is 0 Å². The van der Waals surface area contributed by atoms with E-state index in [1.54, 1.807) is 14.2 Å². The molecule has 0 radical (unpaired) electrons. The molecule has 1 fully saturated rings. The van der Waals surface area contributed by atoms with Crippen molar-refractivity contribution in [1.29, 1.82) is 0 Å². The zero-order valence-corrected chi connectivity index (χ0v) is 11.4. The molecule has 4 heteroatoms. The van der Waals surface area contributed by atoms with Gasteiger partial charge in [0.15, 0.2) is 0 Å². The van der Waals surface area contributed by atoms with Crippen LogP contribution in [0.1, 0.15) is 32.1 Å². The third-order valence-electron chi connectivity index (χ3n) is 3.71. The first-order valence-electron chi connectivity index (χ1n) is 6.69. The molecule has 0 heterocycles. The van der Waals surface area contributed by atoms with Gasteiger partial charge in [-0.15, -0.1) is 0 Å². The fourth-order valence-electron chi connectivity index (χ4n) is 2.25. The van der Waals surface area contributed by atoms with Crippen molar-refractivity contribution in [1.82, 2.24) is 4.90 Å². The zero-order chi connectivity index (χ0) is 12.6. The third kappa shape index (κ3) is 5.82. The van der Waals surface area contributed by atoms with Gasteiger partial charge in [0.25, 0.3) is 0 Å². The Morgan fingerprint density at radius 2 is 1.76 bits per heavy atom. The number of nitrogens with zero attached hydrogens (tertiary/aromatic N) is 1. The van der Waals surface area contributed by atoms with Crippen LogP contribution in [0.5, 0.6) is 0 Å². The van der Waals surface area contributed by atoms with E-state index in [1.165, 1.54) is 19.3 Å². The first kappa shape index (κ1) is 14.9. The van der Waals surface area contributed by atoms with Gasteiger partial charge in [0.2, 0.25) is 0 Å². The average Bonchev–Trinajstić information content (AvgIpc) is 2.29. The van der Waals surface area contributed by atoms with Crippen molar-refractivity contribution < 1.29 is 9.47 Å². The molecule has 1 rings (SSSR count). The van der Waals surface area contributed by atoms with E-state index in [2.05, 4.69) is 4.90 Å². The summed E-state index contributed by atoms with van der Waals surface area (Å²) >= 11 is 0. The molecule has 0 unspecified atom stereocenters. The number of hydrogen-bond acceptors (Lipinski definition) is 4. The van der Waals surface area contributed by atoms with Crippen molar-refractivity contribution in [2.75, 3.05) is 47.1 Å². The highest BCUT2D eigenvalue weighted by atomic mass is 16.5. The van der Waals surface area contributed by atoms with E-state index < -0.39 is 0 Å². The molecule has 0 amide bonds. The molecule has 102 valence electrons. The van der Waals surface area contributed by atoms with Gasteiger partial charge in [-0.05, 0) is 38.6 Å². The standard InChI is InChI=1S/C13H28N2O2/c1-16-11-4-8-15(10-12-17-2)9-7-13(14)5-3-6-13/h3-12,14H2,1-2H3. The van der Waals surface area contributed by atoms with Crippen LogP contribution in [0.4, 0.5) is 0 Å². The lowest BCUT2D eigenvalue weighted by Crippen LogP contribution is -2.49. The van der Waals surface area contributed by atoms with Gasteiger partial charge in [0.1, 0.15) is 0 Å². The lowest BCUT2D eigenvalue weighted by atomic mass is 9.75. The minimum atomic E-state index is 0.132. The van der Waals surface area contributed by atoms with E-state index in [1.807, 2.05) is 0 Å². The summed E-state index contributed by atoms with van der Waals surface area (Å²) in [5.74, 6) is 0. The van der Waals surface area contributed by atoms with Crippen LogP contribution in [0.3, 0.4) is 0 Å². The number of rotatable bonds is 10. The highest BCUT2D eigenvalue weighted by Gasteiger charge is 2.32. The van der Waals surface area contributed by atoms with Crippen LogP contribution in [0.2, 0.25) is 0 Å². The first-order chi connectivity index (χ1) is 8.20. The third-order valence-corrected chi connectivity index (χ3v) is 3.71. The maximum Gasteiger partial charge on any atom is 0.0589 e. The number of methoxy groups -OCH3 is 2. The van der Waals surface area contributed by atoms with Crippen molar-refractivity contribution in [2.24, 2.45) is 5.73 Å². The first-order valence-corrected chi connectivity index (χ1v) is 6.69. The Balaban J connectivity index is 2.18. The second-order valence-electron chi connectivity index (χ2n) is 5.15. The Bertz CT molecular complexity index is 196. The topological polar surface area (TPSA) is 47.7 Å². The molecule has 2 N–H and O–H groups in total. The number of hydrogen-bond donors (Lipinski definition) is 1. The normalized spacial score (nSPS) is 18.4. The van der Waals surface area contributed by atoms with Crippen LogP contribution in [-0.2, 0) is 9.47 Å². The predicted molar refractivity (Wildman–Crippen MR) is 70.2 cm³/mol. The summed E-state index contributed by atoms with van der Waals surface area (Å²) in [6.45, 7) is 4.79. The summed E-state index contributed by atoms with van der Waals surface area (Å²) in [6.07, 6.45) is 5.89. The van der Waals surface area contributed by atoms with E-state index in [0.29, 0.717) is 0 Å². The smallest absolute Gasteiger partial charge is 0.0589 e. The van der Waals surface area contributed by atoms with E-state index in [-0.39, 0.29) is 5.54 Å². The molecule has 0 aromatic rings. The Hall–Kier alpha value is -0.160. The van der Waals surface area contributed by atoms with Crippen LogP contribution >= 0.6 is 0 Å². The highest BCUT2D eigenvalue weighted by Crippen LogP contribution is 2.32. The molecule has 1 aliphatic rings. The summed E-state index contributed by atoms with van der Waals surface area (Å²) in [5.41, 5.74) is 6.38. The van der Waals surface area contributed by atoms with Gasteiger partial charge in [-0.3, -0.25) is 0 Å². The number of ether oxygens (including phenoxy) is 2. The number of nitrogens with two attached hydrogens (primary N) is 1. The molecule has 0 spiro atoms. The van der Waals surface area contributed by atoms with Crippen LogP contribution in [0.25, 0.3) is 0 Å². The molecule has 0 aromatic carbocycles. The molecule has 0 bridgehead atoms. The van der Waals surface area contributed by atoms with Crippen molar-refractivity contribution in [3.8, 4) is 0 Å². The van der Waals surface area contributed by atoms with Crippen molar-refractivity contribution in [3.05, 3.63) is 0 Å². The Labute approximate surface area is 105 Å². The van der Waals surface area contributed by atoms with Gasteiger partial charge in [0, 0.05) is 39.5 Å². The largest absolute Gasteiger partial charge is 0.385 e. The molecule has 4 nitrogen and oxygen atoms in total. The predicted octanol–water partition coefficient (Wildman–Crippen LogP) is 1.24. The maximum atomic E-state index is 6.25. The summed E-state index contributed by atoms with van der Waals surface area (Å²) < 4.78 is 10.2. The van der Waals surface area contributed by atoms with Gasteiger partial charge in [0.05, 0.1) is 6.61 Å². The summed E-state index contributed by atoms with van der Waals surface area (Å²) in [7, 11) is 3.51. The molecule has 1 aliphatic carbocycles. The van der Waals surface area contributed by atoms with E-state index in [4.69, 9.17) is 15.2 Å². The zero-order valence-electron chi connectivity index (χ0n) is 11.4. The molecule has 17 heavy (non-hydrogen) atoms. The Morgan fingerprint density at radius 1 is 1.06 bits per heavy atom. The molecule has 0 saturated heterocycles. The fraction of sp³-hybridized carbons (Fsp3) is 1.00. The molecular weight excluding hydrogens is 216 g/mol. The Kier molecular flexibility index (Phi) is 7.04. The van der Waals surface area contributed by atoms with Crippen LogP contribution < -0.4 is 5.73 Å². The highest BCUT2D eigenvalue weighted by molar-refractivity contribution is 4.92. The van der Waals surface area contributed by atoms with Gasteiger partial charge in [-0.1, -0.05) is 0 Å². The van der Waals surface area contributed by atoms with Gasteiger partial charge in [-0.25, -0.2) is 0 Å². The maximum absolute atomic E-state index is 6.25. The van der Waals surface area contributed by atoms with Crippen molar-refractivity contribution >= 4 is 0 Å². The second-order valence-corrected chi connectivity index (χ2v) is 5.15. The SMILES string of the molecule is COCCCN(CCOC)CCC1(N)CCC1. The molecule has 0 aliphatic heterocycles. The second kappa shape index (κ2) is 8.03. The lowest BCUT2D eigenvalue weighted by molar-refractivity contribution is 0.118. The molecular formula is C13H28N2O2. The molecule has 0 atom stereocenters. The van der Waals surface area contributed by atoms with Crippen molar-refractivity contribution in [2.45, 2.75) is 37.6 Å². The average molecular weight is 244 g/mol. The van der Waals surface area contributed by atoms with E-state index >= 15 is 0 Å². The summed E-state index contributed by atoms with van der Waals surface area (Å²) in [5, 5.41) is 0. The van der Waals surface area contributed by atoms with Gasteiger partial charge >= 0.3 is 0 Å². The quantitative estimate of drug-likeness (QED) is 0.587. The van der Waals surface area contributed by atoms with Crippen LogP contribution in [-0.4, -0.2) is 57.5 Å². The Morgan fingerprint density at radius 3 is 2.29 bits per heavy atom. The molecule has 1 saturated carbocycles. The lowest BCUT2D eigenvalue weighted by Gasteiger charge is -2.39. The van der Waals surface area contributed by atoms with Gasteiger partial charge < -0.3 is 20.1 Å². The fourth-order valence-corrected chi connectivity index (χ4v) is 2.25. The van der Waals surface area contributed by atoms with Crippen molar-refractivity contribution in [3.63, 3.8) is 0 Å². The summed E-state index contributed by atoms with van der Waals surface area (Å²) in [4.78, 5) is 2.44. The summed E-state index contributed by atoms with van der Waals surface area (Å²) in [6, 6.07) is 0. The van der Waals surface area contributed by atoms with E-state index in [0.717, 1.165) is 45.7 Å². The molecule has 0 aromatic heterocycles. The monoisotopic (exact) mass is 244 g/mol. The minimum absolute atomic E-state index is 0.132. The van der Waals surface area contributed by atoms with Crippen LogP contribution in [0.15, 0.2) is 0 Å².